The van der Waals surface area contributed by atoms with Crippen LogP contribution in [0, 0.1) is 5.92 Å². The van der Waals surface area contributed by atoms with Crippen LogP contribution in [0.3, 0.4) is 0 Å². The van der Waals surface area contributed by atoms with E-state index in [1.165, 1.54) is 64.7 Å². The van der Waals surface area contributed by atoms with Crippen molar-refractivity contribution in [2.24, 2.45) is 5.92 Å². The number of rotatable bonds is 13. The van der Waals surface area contributed by atoms with Gasteiger partial charge in [0.1, 0.15) is 6.10 Å². The molecule has 0 aromatic heterocycles. The number of carbonyl (C=O) groups excluding carboxylic acids is 1. The molecule has 1 aliphatic carbocycles. The molecule has 0 amide bonds. The van der Waals surface area contributed by atoms with E-state index in [2.05, 4.69) is 30.9 Å². The Bertz CT molecular complexity index is 408. The average Bonchev–Trinajstić information content (AvgIpc) is 2.59. The van der Waals surface area contributed by atoms with Crippen LogP contribution in [0.1, 0.15) is 90.4 Å². The standard InChI is InChI=1S/C23H38O2/c1-3-4-5-6-7-8-9-10-11-12-13-14-15-17-22-18-16-19-23(20-22)25-21(2)24/h3,5-6,8-9,22-23H,1,4,7,10-20H2,2H3/b6-5-,9-8-. The highest BCUT2D eigenvalue weighted by atomic mass is 16.5. The topological polar surface area (TPSA) is 26.3 Å². The highest BCUT2D eigenvalue weighted by Gasteiger charge is 2.23. The molecule has 1 saturated carbocycles. The normalized spacial score (nSPS) is 21.0. The van der Waals surface area contributed by atoms with Gasteiger partial charge in [0.2, 0.25) is 0 Å². The molecule has 0 aromatic rings. The van der Waals surface area contributed by atoms with Gasteiger partial charge in [-0.15, -0.1) is 6.58 Å². The summed E-state index contributed by atoms with van der Waals surface area (Å²) in [5.41, 5.74) is 0. The third-order valence-corrected chi connectivity index (χ3v) is 4.96. The maximum absolute atomic E-state index is 11.1. The van der Waals surface area contributed by atoms with Crippen LogP contribution in [-0.4, -0.2) is 12.1 Å². The molecule has 142 valence electrons. The summed E-state index contributed by atoms with van der Waals surface area (Å²) < 4.78 is 5.39. The summed E-state index contributed by atoms with van der Waals surface area (Å²) in [4.78, 5) is 11.1. The van der Waals surface area contributed by atoms with Gasteiger partial charge < -0.3 is 4.74 Å². The fourth-order valence-corrected chi connectivity index (χ4v) is 3.65. The predicted molar refractivity (Wildman–Crippen MR) is 108 cm³/mol. The van der Waals surface area contributed by atoms with Crippen molar-refractivity contribution in [1.29, 1.82) is 0 Å². The molecule has 0 saturated heterocycles. The first-order valence-electron chi connectivity index (χ1n) is 10.3. The number of hydrogen-bond acceptors (Lipinski definition) is 2. The lowest BCUT2D eigenvalue weighted by molar-refractivity contribution is -0.148. The van der Waals surface area contributed by atoms with Crippen molar-refractivity contribution >= 4 is 5.97 Å². The van der Waals surface area contributed by atoms with Crippen LogP contribution in [0.15, 0.2) is 37.0 Å². The van der Waals surface area contributed by atoms with Gasteiger partial charge in [-0.2, -0.15) is 0 Å². The van der Waals surface area contributed by atoms with Crippen LogP contribution < -0.4 is 0 Å². The van der Waals surface area contributed by atoms with Crippen molar-refractivity contribution in [3.8, 4) is 0 Å². The molecule has 0 aromatic carbocycles. The number of carbonyl (C=O) groups is 1. The smallest absolute Gasteiger partial charge is 0.302 e. The van der Waals surface area contributed by atoms with E-state index in [9.17, 15) is 4.79 Å². The molecule has 2 atom stereocenters. The molecular formula is C23H38O2. The van der Waals surface area contributed by atoms with Crippen LogP contribution in [0.2, 0.25) is 0 Å². The molecule has 0 radical (unpaired) electrons. The molecular weight excluding hydrogens is 308 g/mol. The zero-order valence-electron chi connectivity index (χ0n) is 16.3. The Hall–Kier alpha value is -1.31. The lowest BCUT2D eigenvalue weighted by atomic mass is 9.84. The number of hydrogen-bond donors (Lipinski definition) is 0. The van der Waals surface area contributed by atoms with E-state index in [-0.39, 0.29) is 12.1 Å². The minimum atomic E-state index is -0.118. The Labute approximate surface area is 155 Å². The number of esters is 1. The van der Waals surface area contributed by atoms with Gasteiger partial charge in [0.15, 0.2) is 0 Å². The van der Waals surface area contributed by atoms with Gasteiger partial charge in [-0.25, -0.2) is 0 Å². The fourth-order valence-electron chi connectivity index (χ4n) is 3.65. The Balaban J connectivity index is 1.92. The van der Waals surface area contributed by atoms with Gasteiger partial charge in [-0.3, -0.25) is 4.79 Å². The largest absolute Gasteiger partial charge is 0.463 e. The minimum absolute atomic E-state index is 0.118. The number of ether oxygens (including phenoxy) is 1. The molecule has 1 rings (SSSR count). The lowest BCUT2D eigenvalue weighted by Gasteiger charge is -2.28. The summed E-state index contributed by atoms with van der Waals surface area (Å²) in [5, 5.41) is 0. The van der Waals surface area contributed by atoms with Gasteiger partial charge in [0, 0.05) is 6.92 Å². The summed E-state index contributed by atoms with van der Waals surface area (Å²) in [5.74, 6) is 0.655. The molecule has 0 spiro atoms. The molecule has 25 heavy (non-hydrogen) atoms. The van der Waals surface area contributed by atoms with E-state index in [4.69, 9.17) is 4.74 Å². The Morgan fingerprint density at radius 2 is 1.72 bits per heavy atom. The molecule has 1 aliphatic rings. The molecule has 0 N–H and O–H groups in total. The minimum Gasteiger partial charge on any atom is -0.463 e. The molecule has 0 heterocycles. The number of unbranched alkanes of at least 4 members (excludes halogenated alkanes) is 5. The Kier molecular flexibility index (Phi) is 13.0. The molecule has 2 unspecified atom stereocenters. The van der Waals surface area contributed by atoms with Crippen molar-refractivity contribution in [3.05, 3.63) is 37.0 Å². The monoisotopic (exact) mass is 346 g/mol. The maximum Gasteiger partial charge on any atom is 0.302 e. The van der Waals surface area contributed by atoms with E-state index in [0.29, 0.717) is 0 Å². The van der Waals surface area contributed by atoms with E-state index in [1.807, 2.05) is 6.08 Å². The highest BCUT2D eigenvalue weighted by Crippen LogP contribution is 2.30. The summed E-state index contributed by atoms with van der Waals surface area (Å²) in [6.45, 7) is 5.23. The van der Waals surface area contributed by atoms with Crippen molar-refractivity contribution in [2.75, 3.05) is 0 Å². The molecule has 1 fully saturated rings. The molecule has 2 nitrogen and oxygen atoms in total. The van der Waals surface area contributed by atoms with Crippen LogP contribution >= 0.6 is 0 Å². The first kappa shape index (κ1) is 21.7. The van der Waals surface area contributed by atoms with Crippen LogP contribution in [0.4, 0.5) is 0 Å². The van der Waals surface area contributed by atoms with Crippen LogP contribution in [0.25, 0.3) is 0 Å². The number of allylic oxidation sites excluding steroid dienone is 5. The predicted octanol–water partition coefficient (Wildman–Crippen LogP) is 6.92. The second kappa shape index (κ2) is 15.0. The third kappa shape index (κ3) is 12.7. The third-order valence-electron chi connectivity index (χ3n) is 4.96. The van der Waals surface area contributed by atoms with Crippen molar-refractivity contribution in [1.82, 2.24) is 0 Å². The Morgan fingerprint density at radius 1 is 1.00 bits per heavy atom. The summed E-state index contributed by atoms with van der Waals surface area (Å²) in [6.07, 6.45) is 27.0. The van der Waals surface area contributed by atoms with Crippen molar-refractivity contribution in [2.45, 2.75) is 96.5 Å². The van der Waals surface area contributed by atoms with E-state index in [0.717, 1.165) is 31.6 Å². The van der Waals surface area contributed by atoms with Crippen molar-refractivity contribution in [3.63, 3.8) is 0 Å². The van der Waals surface area contributed by atoms with E-state index < -0.39 is 0 Å². The van der Waals surface area contributed by atoms with Crippen molar-refractivity contribution < 1.29 is 9.53 Å². The molecule has 2 heteroatoms. The first-order valence-corrected chi connectivity index (χ1v) is 10.3. The zero-order valence-corrected chi connectivity index (χ0v) is 16.3. The van der Waals surface area contributed by atoms with Gasteiger partial charge in [0.05, 0.1) is 0 Å². The van der Waals surface area contributed by atoms with E-state index in [1.54, 1.807) is 0 Å². The quantitative estimate of drug-likeness (QED) is 0.205. The lowest BCUT2D eigenvalue weighted by Crippen LogP contribution is -2.24. The van der Waals surface area contributed by atoms with Crippen LogP contribution in [0.5, 0.6) is 0 Å². The summed E-state index contributed by atoms with van der Waals surface area (Å²) in [6, 6.07) is 0. The molecule has 0 aliphatic heterocycles. The SMILES string of the molecule is C=CC/C=C\C/C=C\CCCCCCCC1CCCC(OC(C)=O)C1. The van der Waals surface area contributed by atoms with Gasteiger partial charge in [-0.05, 0) is 50.9 Å². The maximum atomic E-state index is 11.1. The van der Waals surface area contributed by atoms with Gasteiger partial charge >= 0.3 is 5.97 Å². The van der Waals surface area contributed by atoms with Gasteiger partial charge in [-0.1, -0.05) is 68.9 Å². The highest BCUT2D eigenvalue weighted by molar-refractivity contribution is 5.66. The summed E-state index contributed by atoms with van der Waals surface area (Å²) in [7, 11) is 0. The molecule has 0 bridgehead atoms. The van der Waals surface area contributed by atoms with Gasteiger partial charge in [0.25, 0.3) is 0 Å². The van der Waals surface area contributed by atoms with E-state index >= 15 is 0 Å². The fraction of sp³-hybridized carbons (Fsp3) is 0.696. The average molecular weight is 347 g/mol. The zero-order chi connectivity index (χ0) is 18.2. The van der Waals surface area contributed by atoms with Crippen LogP contribution in [-0.2, 0) is 9.53 Å². The first-order chi connectivity index (χ1) is 12.2. The second-order valence-electron chi connectivity index (χ2n) is 7.31. The second-order valence-corrected chi connectivity index (χ2v) is 7.31. The Morgan fingerprint density at radius 3 is 2.52 bits per heavy atom. The summed E-state index contributed by atoms with van der Waals surface area (Å²) >= 11 is 0.